The Morgan fingerprint density at radius 2 is 1.88 bits per heavy atom. The summed E-state index contributed by atoms with van der Waals surface area (Å²) < 4.78 is 12.8. The molecule has 0 radical (unpaired) electrons. The molecule has 0 aliphatic rings. The molecule has 9 nitrogen and oxygen atoms in total. The first-order chi connectivity index (χ1) is 16.3. The quantitative estimate of drug-likeness (QED) is 0.393. The minimum atomic E-state index is 0.738. The van der Waals surface area contributed by atoms with Crippen molar-refractivity contribution in [2.24, 2.45) is 7.05 Å². The number of ether oxygens (including phenoxy) is 1. The molecule has 0 spiro atoms. The standard InChI is InChI=1S/C17H16N4O2.C8H15N3/c1-8-16(9(2)23-21-8)12-5-14-11(6-15(12)22-4)13-7-18-10(3)19-17(13)20-14;1-4-6-8(9)7(5-2)11(3)10-6/h5-7H,1-4H3,(H,18,19,20);4-5,9H2,1-3H3. The van der Waals surface area contributed by atoms with E-state index in [4.69, 9.17) is 15.0 Å². The molecule has 34 heavy (non-hydrogen) atoms. The maximum Gasteiger partial charge on any atom is 0.142 e. The summed E-state index contributed by atoms with van der Waals surface area (Å²) in [4.78, 5) is 12.1. The fraction of sp³-hybridized carbons (Fsp3) is 0.360. The molecule has 1 aromatic carbocycles. The van der Waals surface area contributed by atoms with Crippen molar-refractivity contribution in [2.75, 3.05) is 12.8 Å². The third-order valence-electron chi connectivity index (χ3n) is 6.05. The van der Waals surface area contributed by atoms with Gasteiger partial charge in [0.1, 0.15) is 23.0 Å². The zero-order chi connectivity index (χ0) is 24.6. The van der Waals surface area contributed by atoms with E-state index in [0.717, 1.165) is 86.0 Å². The molecular weight excluding hydrogens is 430 g/mol. The highest BCUT2D eigenvalue weighted by atomic mass is 16.5. The van der Waals surface area contributed by atoms with Crippen LogP contribution in [-0.4, -0.2) is 37.0 Å². The Morgan fingerprint density at radius 1 is 1.12 bits per heavy atom. The Kier molecular flexibility index (Phi) is 6.28. The van der Waals surface area contributed by atoms with Crippen molar-refractivity contribution in [2.45, 2.75) is 47.5 Å². The SMILES string of the molecule is CCc1nn(C)c(CC)c1N.COc1cc2c(cc1-c1c(C)noc1C)[nH]c1nc(C)ncc12. The second kappa shape index (κ2) is 9.17. The number of aromatic nitrogens is 6. The maximum absolute atomic E-state index is 5.84. The predicted octanol–water partition coefficient (Wildman–Crippen LogP) is 4.83. The van der Waals surface area contributed by atoms with E-state index in [1.807, 2.05) is 44.8 Å². The van der Waals surface area contributed by atoms with Crippen molar-refractivity contribution in [1.29, 1.82) is 0 Å². The van der Waals surface area contributed by atoms with Crippen LogP contribution in [0.4, 0.5) is 5.69 Å². The van der Waals surface area contributed by atoms with Crippen LogP contribution in [0.25, 0.3) is 33.1 Å². The molecule has 0 saturated carbocycles. The van der Waals surface area contributed by atoms with Crippen molar-refractivity contribution in [3.8, 4) is 16.9 Å². The van der Waals surface area contributed by atoms with Crippen LogP contribution in [0.1, 0.15) is 42.5 Å². The normalized spacial score (nSPS) is 11.1. The van der Waals surface area contributed by atoms with Gasteiger partial charge in [-0.15, -0.1) is 0 Å². The van der Waals surface area contributed by atoms with Crippen LogP contribution in [0.5, 0.6) is 5.75 Å². The number of fused-ring (bicyclic) bond motifs is 3. The first kappa shape index (κ1) is 23.3. The molecular formula is C25H31N7O2. The van der Waals surface area contributed by atoms with Crippen molar-refractivity contribution in [1.82, 2.24) is 29.9 Å². The van der Waals surface area contributed by atoms with Gasteiger partial charge in [-0.05, 0) is 45.7 Å². The predicted molar refractivity (Wildman–Crippen MR) is 134 cm³/mol. The number of aryl methyl sites for hydroxylation is 5. The van der Waals surface area contributed by atoms with Crippen LogP contribution in [0.15, 0.2) is 22.9 Å². The van der Waals surface area contributed by atoms with Gasteiger partial charge in [0.25, 0.3) is 0 Å². The maximum atomic E-state index is 5.84. The van der Waals surface area contributed by atoms with Crippen LogP contribution < -0.4 is 10.5 Å². The topological polar surface area (TPSA) is 121 Å². The van der Waals surface area contributed by atoms with Gasteiger partial charge in [-0.2, -0.15) is 5.10 Å². The summed E-state index contributed by atoms with van der Waals surface area (Å²) in [5, 5.41) is 10.3. The second-order valence-corrected chi connectivity index (χ2v) is 8.24. The summed E-state index contributed by atoms with van der Waals surface area (Å²) in [6, 6.07) is 4.06. The first-order valence-electron chi connectivity index (χ1n) is 11.3. The first-order valence-corrected chi connectivity index (χ1v) is 11.3. The number of benzene rings is 1. The fourth-order valence-electron chi connectivity index (χ4n) is 4.34. The highest BCUT2D eigenvalue weighted by Gasteiger charge is 2.18. The number of H-pyrrole nitrogens is 1. The number of rotatable bonds is 4. The van der Waals surface area contributed by atoms with E-state index in [2.05, 4.69) is 45.1 Å². The number of anilines is 1. The molecule has 5 aromatic rings. The third-order valence-corrected chi connectivity index (χ3v) is 6.05. The summed E-state index contributed by atoms with van der Waals surface area (Å²) in [5.41, 5.74) is 13.4. The summed E-state index contributed by atoms with van der Waals surface area (Å²) in [6.07, 6.45) is 3.71. The van der Waals surface area contributed by atoms with Crippen LogP contribution in [-0.2, 0) is 19.9 Å². The van der Waals surface area contributed by atoms with E-state index in [-0.39, 0.29) is 0 Å². The van der Waals surface area contributed by atoms with Gasteiger partial charge in [0.05, 0.1) is 35.4 Å². The second-order valence-electron chi connectivity index (χ2n) is 8.24. The summed E-state index contributed by atoms with van der Waals surface area (Å²) in [5.74, 6) is 2.28. The van der Waals surface area contributed by atoms with Gasteiger partial charge in [0, 0.05) is 35.1 Å². The van der Waals surface area contributed by atoms with Gasteiger partial charge in [-0.3, -0.25) is 4.68 Å². The minimum absolute atomic E-state index is 0.738. The summed E-state index contributed by atoms with van der Waals surface area (Å²) in [7, 11) is 3.60. The molecule has 0 amide bonds. The molecule has 0 unspecified atom stereocenters. The number of nitrogens with one attached hydrogen (secondary N) is 1. The van der Waals surface area contributed by atoms with E-state index >= 15 is 0 Å². The Hall–Kier alpha value is -3.88. The minimum Gasteiger partial charge on any atom is -0.496 e. The molecule has 3 N–H and O–H groups in total. The number of aromatic amines is 1. The van der Waals surface area contributed by atoms with Gasteiger partial charge in [0.15, 0.2) is 0 Å². The fourth-order valence-corrected chi connectivity index (χ4v) is 4.34. The Bertz CT molecular complexity index is 1460. The highest BCUT2D eigenvalue weighted by molar-refractivity contribution is 6.07. The lowest BCUT2D eigenvalue weighted by atomic mass is 10.0. The van der Waals surface area contributed by atoms with E-state index in [1.54, 1.807) is 7.11 Å². The highest BCUT2D eigenvalue weighted by Crippen LogP contribution is 2.39. The van der Waals surface area contributed by atoms with Crippen molar-refractivity contribution in [3.63, 3.8) is 0 Å². The molecule has 0 fully saturated rings. The lowest BCUT2D eigenvalue weighted by Crippen LogP contribution is -1.98. The molecule has 0 aliphatic carbocycles. The number of nitrogen functional groups attached to an aromatic ring is 1. The number of nitrogens with zero attached hydrogens (tertiary/aromatic N) is 5. The number of hydrogen-bond donors (Lipinski definition) is 2. The van der Waals surface area contributed by atoms with Gasteiger partial charge >= 0.3 is 0 Å². The lowest BCUT2D eigenvalue weighted by molar-refractivity contribution is 0.393. The average molecular weight is 462 g/mol. The zero-order valence-electron chi connectivity index (χ0n) is 20.8. The summed E-state index contributed by atoms with van der Waals surface area (Å²) in [6.45, 7) is 9.86. The van der Waals surface area contributed by atoms with Gasteiger partial charge in [0.2, 0.25) is 0 Å². The molecule has 0 aliphatic heterocycles. The van der Waals surface area contributed by atoms with E-state index in [1.165, 1.54) is 0 Å². The third kappa shape index (κ3) is 3.98. The van der Waals surface area contributed by atoms with Crippen LogP contribution in [0.2, 0.25) is 0 Å². The Balaban J connectivity index is 0.000000210. The van der Waals surface area contributed by atoms with Crippen molar-refractivity contribution in [3.05, 3.63) is 47.0 Å². The Labute approximate surface area is 198 Å². The Morgan fingerprint density at radius 3 is 2.44 bits per heavy atom. The van der Waals surface area contributed by atoms with Crippen LogP contribution >= 0.6 is 0 Å². The zero-order valence-corrected chi connectivity index (χ0v) is 20.8. The van der Waals surface area contributed by atoms with Gasteiger partial charge in [-0.1, -0.05) is 19.0 Å². The molecule has 5 rings (SSSR count). The molecule has 178 valence electrons. The van der Waals surface area contributed by atoms with Crippen LogP contribution in [0, 0.1) is 20.8 Å². The molecule has 9 heteroatoms. The average Bonchev–Trinajstić information content (AvgIpc) is 3.43. The monoisotopic (exact) mass is 461 g/mol. The van der Waals surface area contributed by atoms with Crippen molar-refractivity contribution < 1.29 is 9.26 Å². The van der Waals surface area contributed by atoms with Gasteiger partial charge < -0.3 is 20.0 Å². The number of hydrogen-bond acceptors (Lipinski definition) is 7. The van der Waals surface area contributed by atoms with Crippen molar-refractivity contribution >= 4 is 27.6 Å². The van der Waals surface area contributed by atoms with Gasteiger partial charge in [-0.25, -0.2) is 9.97 Å². The molecule has 0 atom stereocenters. The summed E-state index contributed by atoms with van der Waals surface area (Å²) >= 11 is 0. The van der Waals surface area contributed by atoms with Crippen LogP contribution in [0.3, 0.4) is 0 Å². The molecule has 0 bridgehead atoms. The van der Waals surface area contributed by atoms with E-state index < -0.39 is 0 Å². The van der Waals surface area contributed by atoms with E-state index in [0.29, 0.717) is 0 Å². The smallest absolute Gasteiger partial charge is 0.142 e. The number of methoxy groups -OCH3 is 1. The molecule has 0 saturated heterocycles. The molecule has 4 heterocycles. The van der Waals surface area contributed by atoms with E-state index in [9.17, 15) is 0 Å². The number of nitrogens with two attached hydrogens (primary N) is 1. The largest absolute Gasteiger partial charge is 0.496 e. The molecule has 4 aromatic heterocycles. The lowest BCUT2D eigenvalue weighted by Gasteiger charge is -2.08.